The number of aliphatic hydroxyl groups excluding tert-OH is 10. The van der Waals surface area contributed by atoms with E-state index in [9.17, 15) is 9.59 Å². The molecule has 0 aromatic heterocycles. The molecule has 12 nitrogen and oxygen atoms in total. The van der Waals surface area contributed by atoms with Gasteiger partial charge in [-0.1, -0.05) is 0 Å². The zero-order chi connectivity index (χ0) is 19.4. The van der Waals surface area contributed by atoms with Gasteiger partial charge >= 0.3 is 0 Å². The maximum atomic E-state index is 10.5. The highest BCUT2D eigenvalue weighted by Gasteiger charge is 2.30. The summed E-state index contributed by atoms with van der Waals surface area (Å²) in [5.41, 5.74) is 0. The van der Waals surface area contributed by atoms with Gasteiger partial charge in [0, 0.05) is 0 Å². The maximum absolute atomic E-state index is 10.5. The highest BCUT2D eigenvalue weighted by Crippen LogP contribution is 2.03. The molecule has 0 rings (SSSR count). The molecule has 0 aliphatic rings. The quantitative estimate of drug-likeness (QED) is 0.164. The van der Waals surface area contributed by atoms with E-state index in [2.05, 4.69) is 0 Å². The van der Waals surface area contributed by atoms with E-state index in [1.807, 2.05) is 0 Å². The van der Waals surface area contributed by atoms with Gasteiger partial charge in [0.25, 0.3) is 0 Å². The second-order valence-corrected chi connectivity index (χ2v) is 4.67. The minimum absolute atomic E-state index is 0.0258. The zero-order valence-electron chi connectivity index (χ0n) is 12.5. The average Bonchev–Trinajstić information content (AvgIpc) is 2.62. The van der Waals surface area contributed by atoms with Crippen LogP contribution in [0, 0.1) is 0 Å². The number of carbonyl (C=O) groups is 2. The van der Waals surface area contributed by atoms with Crippen LogP contribution in [0.4, 0.5) is 0 Å². The van der Waals surface area contributed by atoms with Crippen molar-refractivity contribution in [3.63, 3.8) is 0 Å². The Morgan fingerprint density at radius 2 is 1.17 bits per heavy atom. The Morgan fingerprint density at radius 1 is 0.750 bits per heavy atom. The van der Waals surface area contributed by atoms with E-state index < -0.39 is 68.3 Å². The fourth-order valence-corrected chi connectivity index (χ4v) is 1.22. The molecule has 24 heavy (non-hydrogen) atoms. The second-order valence-electron chi connectivity index (χ2n) is 4.67. The van der Waals surface area contributed by atoms with Gasteiger partial charge in [0.1, 0.15) is 49.3 Å². The van der Waals surface area contributed by atoms with Crippen molar-refractivity contribution in [1.82, 2.24) is 0 Å². The SMILES string of the molecule is O=C(CO)[C@H](O)[C@@H](O)[C@H](O)CO.O=C[C@@H](O)[C@H](O)[C@@H](O)[C@H](O)CO. The van der Waals surface area contributed by atoms with Gasteiger partial charge in [-0.05, 0) is 0 Å². The molecular weight excluding hydrogens is 336 g/mol. The number of hydrogen-bond donors (Lipinski definition) is 10. The Hall–Kier alpha value is -1.06. The molecule has 0 saturated heterocycles. The number of rotatable bonds is 10. The monoisotopic (exact) mass is 360 g/mol. The highest BCUT2D eigenvalue weighted by molar-refractivity contribution is 5.84. The van der Waals surface area contributed by atoms with Crippen LogP contribution < -0.4 is 0 Å². The molecule has 0 heterocycles. The normalized spacial score (nSPS) is 19.8. The van der Waals surface area contributed by atoms with E-state index >= 15 is 0 Å². The van der Waals surface area contributed by atoms with Crippen LogP contribution in [0.3, 0.4) is 0 Å². The third-order valence-corrected chi connectivity index (χ3v) is 2.81. The van der Waals surface area contributed by atoms with Crippen LogP contribution in [0.1, 0.15) is 0 Å². The van der Waals surface area contributed by atoms with Gasteiger partial charge in [-0.3, -0.25) is 4.79 Å². The third kappa shape index (κ3) is 8.70. The molecular formula is C12H24O12. The summed E-state index contributed by atoms with van der Waals surface area (Å²) >= 11 is 0. The number of aldehydes is 1. The molecule has 0 saturated carbocycles. The number of ketones is 1. The van der Waals surface area contributed by atoms with Crippen molar-refractivity contribution < 1.29 is 60.7 Å². The minimum atomic E-state index is -1.86. The molecule has 0 aromatic carbocycles. The Balaban J connectivity index is 0. The molecule has 0 aliphatic heterocycles. The molecule has 12 heteroatoms. The van der Waals surface area contributed by atoms with Crippen LogP contribution in [0.2, 0.25) is 0 Å². The minimum Gasteiger partial charge on any atom is -0.394 e. The summed E-state index contributed by atoms with van der Waals surface area (Å²) in [6, 6.07) is 0. The first kappa shape index (κ1) is 25.2. The Bertz CT molecular complexity index is 351. The average molecular weight is 360 g/mol. The lowest BCUT2D eigenvalue weighted by Gasteiger charge is -2.22. The lowest BCUT2D eigenvalue weighted by atomic mass is 10.0. The molecule has 7 atom stereocenters. The van der Waals surface area contributed by atoms with Crippen molar-refractivity contribution >= 4 is 12.1 Å². The molecule has 0 unspecified atom stereocenters. The van der Waals surface area contributed by atoms with E-state index in [0.29, 0.717) is 0 Å². The Labute approximate surface area is 136 Å². The smallest absolute Gasteiger partial charge is 0.189 e. The highest BCUT2D eigenvalue weighted by atomic mass is 16.4. The van der Waals surface area contributed by atoms with Crippen LogP contribution in [-0.2, 0) is 9.59 Å². The van der Waals surface area contributed by atoms with Crippen LogP contribution in [0.15, 0.2) is 0 Å². The summed E-state index contributed by atoms with van der Waals surface area (Å²) in [5.74, 6) is -1.00. The first-order valence-electron chi connectivity index (χ1n) is 6.65. The van der Waals surface area contributed by atoms with Gasteiger partial charge < -0.3 is 55.9 Å². The topological polar surface area (TPSA) is 236 Å². The van der Waals surface area contributed by atoms with Gasteiger partial charge in [-0.2, -0.15) is 0 Å². The largest absolute Gasteiger partial charge is 0.394 e. The summed E-state index contributed by atoms with van der Waals surface area (Å²) < 4.78 is 0. The lowest BCUT2D eigenvalue weighted by Crippen LogP contribution is -2.46. The summed E-state index contributed by atoms with van der Waals surface area (Å²) in [6.07, 6.45) is -12.1. The van der Waals surface area contributed by atoms with Crippen molar-refractivity contribution in [1.29, 1.82) is 0 Å². The van der Waals surface area contributed by atoms with E-state index in [0.717, 1.165) is 0 Å². The van der Waals surface area contributed by atoms with Crippen LogP contribution in [-0.4, -0.2) is 126 Å². The number of carbonyl (C=O) groups excluding carboxylic acids is 2. The van der Waals surface area contributed by atoms with Crippen LogP contribution in [0.5, 0.6) is 0 Å². The summed E-state index contributed by atoms with van der Waals surface area (Å²) in [5, 5.41) is 86.6. The van der Waals surface area contributed by atoms with Crippen LogP contribution in [0.25, 0.3) is 0 Å². The molecule has 0 spiro atoms. The van der Waals surface area contributed by atoms with Gasteiger partial charge in [-0.25, -0.2) is 0 Å². The fraction of sp³-hybridized carbons (Fsp3) is 0.833. The molecule has 0 aromatic rings. The lowest BCUT2D eigenvalue weighted by molar-refractivity contribution is -0.142. The van der Waals surface area contributed by atoms with Crippen molar-refractivity contribution in [3.05, 3.63) is 0 Å². The zero-order valence-corrected chi connectivity index (χ0v) is 12.5. The summed E-state index contributed by atoms with van der Waals surface area (Å²) in [4.78, 5) is 20.4. The van der Waals surface area contributed by atoms with Gasteiger partial charge in [0.2, 0.25) is 0 Å². The summed E-state index contributed by atoms with van der Waals surface area (Å²) in [7, 11) is 0. The van der Waals surface area contributed by atoms with Crippen LogP contribution >= 0.6 is 0 Å². The number of hydrogen-bond acceptors (Lipinski definition) is 12. The molecule has 0 fully saturated rings. The fourth-order valence-electron chi connectivity index (χ4n) is 1.22. The summed E-state index contributed by atoms with van der Waals surface area (Å²) in [6.45, 7) is -2.45. The molecule has 10 N–H and O–H groups in total. The molecule has 144 valence electrons. The van der Waals surface area contributed by atoms with Crippen molar-refractivity contribution in [3.8, 4) is 0 Å². The van der Waals surface area contributed by atoms with Crippen molar-refractivity contribution in [2.45, 2.75) is 42.7 Å². The van der Waals surface area contributed by atoms with Gasteiger partial charge in [-0.15, -0.1) is 0 Å². The van der Waals surface area contributed by atoms with Gasteiger partial charge in [0.15, 0.2) is 12.1 Å². The Morgan fingerprint density at radius 3 is 1.50 bits per heavy atom. The Kier molecular flexibility index (Phi) is 13.9. The van der Waals surface area contributed by atoms with E-state index in [1.54, 1.807) is 0 Å². The van der Waals surface area contributed by atoms with E-state index in [-0.39, 0.29) is 6.29 Å². The van der Waals surface area contributed by atoms with Gasteiger partial charge in [0.05, 0.1) is 13.2 Å². The second kappa shape index (κ2) is 13.3. The van der Waals surface area contributed by atoms with E-state index in [4.69, 9.17) is 51.1 Å². The standard InChI is InChI=1S/2C6H12O6/c2*7-1-3(9)5(11)6(12)4(10)2-8/h3,5-9,11-12H,1-2H2;1,3-6,8-12H,2H2/t3-,5+,6+;3-,4-,5+,6+/m11/s1. The van der Waals surface area contributed by atoms with Crippen molar-refractivity contribution in [2.24, 2.45) is 0 Å². The number of Topliss-reactive ketones (excluding diaryl/α,β-unsaturated/α-hetero) is 1. The maximum Gasteiger partial charge on any atom is 0.189 e. The first-order chi connectivity index (χ1) is 11.1. The van der Waals surface area contributed by atoms with Crippen molar-refractivity contribution in [2.75, 3.05) is 19.8 Å². The predicted octanol–water partition coefficient (Wildman–Crippen LogP) is -6.76. The van der Waals surface area contributed by atoms with E-state index in [1.165, 1.54) is 0 Å². The molecule has 0 aliphatic carbocycles. The molecule has 0 radical (unpaired) electrons. The first-order valence-corrected chi connectivity index (χ1v) is 6.65. The third-order valence-electron chi connectivity index (χ3n) is 2.81. The molecule has 0 bridgehead atoms. The predicted molar refractivity (Wildman–Crippen MR) is 74.4 cm³/mol. The number of aliphatic hydroxyl groups is 10. The molecule has 0 amide bonds.